The molecule has 0 aliphatic heterocycles. The van der Waals surface area contributed by atoms with E-state index in [0.29, 0.717) is 12.4 Å². The van der Waals surface area contributed by atoms with Crippen LogP contribution in [0, 0.1) is 0 Å². The molecule has 3 aromatic rings. The van der Waals surface area contributed by atoms with Crippen molar-refractivity contribution in [1.82, 2.24) is 20.6 Å². The van der Waals surface area contributed by atoms with Crippen LogP contribution in [0.5, 0.6) is 5.75 Å². The molecule has 2 N–H and O–H groups in total. The van der Waals surface area contributed by atoms with Gasteiger partial charge in [-0.2, -0.15) is 5.21 Å². The second-order valence-corrected chi connectivity index (χ2v) is 4.52. The van der Waals surface area contributed by atoms with E-state index < -0.39 is 0 Å². The van der Waals surface area contributed by atoms with Gasteiger partial charge in [-0.25, -0.2) is 0 Å². The number of rotatable bonds is 5. The molecule has 0 aliphatic carbocycles. The van der Waals surface area contributed by atoms with Crippen LogP contribution in [0.15, 0.2) is 48.5 Å². The predicted molar refractivity (Wildman–Crippen MR) is 79.9 cm³/mol. The third-order valence-electron chi connectivity index (χ3n) is 3.10. The standard InChI is InChI=1S/C15H15N5O/c1-21-14-7-2-4-11(8-14)10-16-13-6-3-5-12(9-13)15-17-19-20-18-15/h2-9,16H,10H2,1H3,(H,17,18,19,20). The zero-order chi connectivity index (χ0) is 14.5. The van der Waals surface area contributed by atoms with Crippen LogP contribution in [0.1, 0.15) is 5.56 Å². The molecule has 1 heterocycles. The highest BCUT2D eigenvalue weighted by Gasteiger charge is 2.03. The van der Waals surface area contributed by atoms with Crippen molar-refractivity contribution in [1.29, 1.82) is 0 Å². The minimum Gasteiger partial charge on any atom is -0.497 e. The van der Waals surface area contributed by atoms with Gasteiger partial charge in [0.25, 0.3) is 0 Å². The van der Waals surface area contributed by atoms with Crippen LogP contribution < -0.4 is 10.1 Å². The van der Waals surface area contributed by atoms with Gasteiger partial charge in [-0.1, -0.05) is 24.3 Å². The maximum absolute atomic E-state index is 5.22. The largest absolute Gasteiger partial charge is 0.497 e. The van der Waals surface area contributed by atoms with Gasteiger partial charge in [-0.3, -0.25) is 0 Å². The summed E-state index contributed by atoms with van der Waals surface area (Å²) in [6, 6.07) is 15.9. The highest BCUT2D eigenvalue weighted by atomic mass is 16.5. The Kier molecular flexibility index (Phi) is 3.77. The SMILES string of the molecule is COc1cccc(CNc2cccc(-c3nn[nH]n3)c2)c1. The summed E-state index contributed by atoms with van der Waals surface area (Å²) in [6.45, 7) is 0.715. The summed E-state index contributed by atoms with van der Waals surface area (Å²) in [5.74, 6) is 1.44. The molecule has 0 saturated carbocycles. The van der Waals surface area contributed by atoms with Crippen molar-refractivity contribution < 1.29 is 4.74 Å². The lowest BCUT2D eigenvalue weighted by molar-refractivity contribution is 0.414. The number of H-pyrrole nitrogens is 1. The molecule has 0 amide bonds. The first kappa shape index (κ1) is 13.1. The van der Waals surface area contributed by atoms with Gasteiger partial charge >= 0.3 is 0 Å². The van der Waals surface area contributed by atoms with Gasteiger partial charge < -0.3 is 10.1 Å². The summed E-state index contributed by atoms with van der Waals surface area (Å²) >= 11 is 0. The topological polar surface area (TPSA) is 75.7 Å². The highest BCUT2D eigenvalue weighted by Crippen LogP contribution is 2.19. The molecule has 0 radical (unpaired) electrons. The average Bonchev–Trinajstić information content (AvgIpc) is 3.08. The van der Waals surface area contributed by atoms with Crippen molar-refractivity contribution in [3.8, 4) is 17.1 Å². The van der Waals surface area contributed by atoms with Crippen LogP contribution >= 0.6 is 0 Å². The fraction of sp³-hybridized carbons (Fsp3) is 0.133. The number of benzene rings is 2. The molecular formula is C15H15N5O. The van der Waals surface area contributed by atoms with Crippen LogP contribution in [0.3, 0.4) is 0 Å². The average molecular weight is 281 g/mol. The lowest BCUT2D eigenvalue weighted by Crippen LogP contribution is -1.99. The Bertz CT molecular complexity index is 712. The highest BCUT2D eigenvalue weighted by molar-refractivity contribution is 5.61. The Labute approximate surface area is 122 Å². The van der Waals surface area contributed by atoms with E-state index in [2.05, 4.69) is 32.0 Å². The number of anilines is 1. The number of nitrogens with zero attached hydrogens (tertiary/aromatic N) is 3. The molecule has 2 aromatic carbocycles. The Balaban J connectivity index is 1.72. The molecule has 0 fully saturated rings. The maximum atomic E-state index is 5.22. The lowest BCUT2D eigenvalue weighted by Gasteiger charge is -2.08. The zero-order valence-corrected chi connectivity index (χ0v) is 11.6. The normalized spacial score (nSPS) is 10.3. The van der Waals surface area contributed by atoms with Crippen LogP contribution in [-0.4, -0.2) is 27.7 Å². The van der Waals surface area contributed by atoms with Gasteiger partial charge in [-0.15, -0.1) is 10.2 Å². The van der Waals surface area contributed by atoms with Crippen LogP contribution in [0.2, 0.25) is 0 Å². The van der Waals surface area contributed by atoms with Gasteiger partial charge in [0.2, 0.25) is 5.82 Å². The van der Waals surface area contributed by atoms with E-state index in [0.717, 1.165) is 22.6 Å². The van der Waals surface area contributed by atoms with Gasteiger partial charge in [-0.05, 0) is 35.0 Å². The van der Waals surface area contributed by atoms with Crippen LogP contribution in [0.25, 0.3) is 11.4 Å². The number of nitrogens with one attached hydrogen (secondary N) is 2. The molecule has 0 saturated heterocycles. The first-order chi connectivity index (χ1) is 10.3. The molecule has 21 heavy (non-hydrogen) atoms. The fourth-order valence-electron chi connectivity index (χ4n) is 2.04. The second kappa shape index (κ2) is 6.04. The van der Waals surface area contributed by atoms with Crippen LogP contribution in [-0.2, 0) is 6.54 Å². The van der Waals surface area contributed by atoms with E-state index in [4.69, 9.17) is 4.74 Å². The molecule has 106 valence electrons. The van der Waals surface area contributed by atoms with E-state index in [1.165, 1.54) is 0 Å². The van der Waals surface area contributed by atoms with Gasteiger partial charge in [0.15, 0.2) is 0 Å². The number of aromatic amines is 1. The number of tetrazole rings is 1. The van der Waals surface area contributed by atoms with E-state index in [1.807, 2.05) is 42.5 Å². The molecule has 0 aliphatic rings. The Morgan fingerprint density at radius 3 is 2.86 bits per heavy atom. The van der Waals surface area contributed by atoms with E-state index in [-0.39, 0.29) is 0 Å². The summed E-state index contributed by atoms with van der Waals surface area (Å²) < 4.78 is 5.22. The molecule has 0 unspecified atom stereocenters. The summed E-state index contributed by atoms with van der Waals surface area (Å²) in [4.78, 5) is 0. The molecule has 6 heteroatoms. The number of methoxy groups -OCH3 is 1. The minimum atomic E-state index is 0.583. The van der Waals surface area contributed by atoms with E-state index >= 15 is 0 Å². The third kappa shape index (κ3) is 3.17. The Morgan fingerprint density at radius 1 is 1.14 bits per heavy atom. The van der Waals surface area contributed by atoms with Crippen molar-refractivity contribution in [2.45, 2.75) is 6.54 Å². The molecular weight excluding hydrogens is 266 g/mol. The molecule has 1 aromatic heterocycles. The summed E-state index contributed by atoms with van der Waals surface area (Å²) in [7, 11) is 1.67. The Morgan fingerprint density at radius 2 is 2.05 bits per heavy atom. The van der Waals surface area contributed by atoms with E-state index in [9.17, 15) is 0 Å². The smallest absolute Gasteiger partial charge is 0.204 e. The summed E-state index contributed by atoms with van der Waals surface area (Å²) in [6.07, 6.45) is 0. The molecule has 0 atom stereocenters. The monoisotopic (exact) mass is 281 g/mol. The molecule has 6 nitrogen and oxygen atoms in total. The zero-order valence-electron chi connectivity index (χ0n) is 11.6. The summed E-state index contributed by atoms with van der Waals surface area (Å²) in [5, 5.41) is 17.4. The van der Waals surface area contributed by atoms with Gasteiger partial charge in [0.1, 0.15) is 5.75 Å². The van der Waals surface area contributed by atoms with Crippen molar-refractivity contribution in [2.24, 2.45) is 0 Å². The predicted octanol–water partition coefficient (Wildman–Crippen LogP) is 2.49. The molecule has 3 rings (SSSR count). The van der Waals surface area contributed by atoms with Gasteiger partial charge in [0.05, 0.1) is 7.11 Å². The van der Waals surface area contributed by atoms with Crippen LogP contribution in [0.4, 0.5) is 5.69 Å². The third-order valence-corrected chi connectivity index (χ3v) is 3.10. The van der Waals surface area contributed by atoms with E-state index in [1.54, 1.807) is 7.11 Å². The number of hydrogen-bond acceptors (Lipinski definition) is 5. The first-order valence-corrected chi connectivity index (χ1v) is 6.56. The summed E-state index contributed by atoms with van der Waals surface area (Å²) in [5.41, 5.74) is 3.07. The second-order valence-electron chi connectivity index (χ2n) is 4.52. The number of ether oxygens (including phenoxy) is 1. The van der Waals surface area contributed by atoms with Crippen molar-refractivity contribution in [3.63, 3.8) is 0 Å². The molecule has 0 bridgehead atoms. The minimum absolute atomic E-state index is 0.583. The first-order valence-electron chi connectivity index (χ1n) is 6.56. The Hall–Kier alpha value is -2.89. The quantitative estimate of drug-likeness (QED) is 0.751. The number of aromatic nitrogens is 4. The van der Waals surface area contributed by atoms with Crippen molar-refractivity contribution in [3.05, 3.63) is 54.1 Å². The van der Waals surface area contributed by atoms with Gasteiger partial charge in [0, 0.05) is 17.8 Å². The fourth-order valence-corrected chi connectivity index (χ4v) is 2.04. The lowest BCUT2D eigenvalue weighted by atomic mass is 10.1. The molecule has 0 spiro atoms. The van der Waals surface area contributed by atoms with Crippen molar-refractivity contribution >= 4 is 5.69 Å². The number of hydrogen-bond donors (Lipinski definition) is 2. The maximum Gasteiger partial charge on any atom is 0.204 e. The van der Waals surface area contributed by atoms with Crippen molar-refractivity contribution in [2.75, 3.05) is 12.4 Å².